The summed E-state index contributed by atoms with van der Waals surface area (Å²) >= 11 is 0. The van der Waals surface area contributed by atoms with Gasteiger partial charge in [0.05, 0.1) is 11.9 Å². The Morgan fingerprint density at radius 2 is 2.06 bits per heavy atom. The molecule has 0 fully saturated rings. The number of aryl methyl sites for hydroxylation is 3. The highest BCUT2D eigenvalue weighted by molar-refractivity contribution is 5.19. The lowest BCUT2D eigenvalue weighted by atomic mass is 10.1. The average Bonchev–Trinajstić information content (AvgIpc) is 2.81. The minimum Gasteiger partial charge on any atom is -0.306 e. The van der Waals surface area contributed by atoms with Gasteiger partial charge in [0.2, 0.25) is 0 Å². The van der Waals surface area contributed by atoms with Crippen molar-refractivity contribution < 1.29 is 0 Å². The second-order valence-corrected chi connectivity index (χ2v) is 4.47. The molecule has 1 unspecified atom stereocenters. The van der Waals surface area contributed by atoms with Gasteiger partial charge in [-0.2, -0.15) is 10.2 Å². The van der Waals surface area contributed by atoms with Crippen LogP contribution in [0.25, 0.3) is 0 Å². The summed E-state index contributed by atoms with van der Waals surface area (Å²) in [6.07, 6.45) is 5.97. The van der Waals surface area contributed by atoms with Gasteiger partial charge in [0, 0.05) is 50.2 Å². The lowest BCUT2D eigenvalue weighted by molar-refractivity contribution is 0.571. The van der Waals surface area contributed by atoms with Crippen molar-refractivity contribution in [2.75, 3.05) is 0 Å². The molecule has 0 spiro atoms. The van der Waals surface area contributed by atoms with E-state index in [-0.39, 0.29) is 0 Å². The summed E-state index contributed by atoms with van der Waals surface area (Å²) in [6, 6.07) is 0.295. The van der Waals surface area contributed by atoms with Crippen LogP contribution in [0, 0.1) is 6.92 Å². The highest BCUT2D eigenvalue weighted by Crippen LogP contribution is 2.15. The molecule has 92 valence electrons. The molecular formula is C12H19N5. The first kappa shape index (κ1) is 11.9. The molecule has 0 saturated carbocycles. The Morgan fingerprint density at radius 1 is 1.29 bits per heavy atom. The van der Waals surface area contributed by atoms with E-state index in [0.29, 0.717) is 6.04 Å². The van der Waals surface area contributed by atoms with Crippen LogP contribution in [-0.4, -0.2) is 19.6 Å². The number of rotatable bonds is 4. The van der Waals surface area contributed by atoms with Crippen molar-refractivity contribution in [2.45, 2.75) is 26.4 Å². The fourth-order valence-corrected chi connectivity index (χ4v) is 1.99. The zero-order valence-corrected chi connectivity index (χ0v) is 10.8. The van der Waals surface area contributed by atoms with Crippen LogP contribution >= 0.6 is 0 Å². The fraction of sp³-hybridized carbons (Fsp3) is 0.500. The average molecular weight is 233 g/mol. The second kappa shape index (κ2) is 4.71. The highest BCUT2D eigenvalue weighted by atomic mass is 15.3. The molecule has 2 rings (SSSR count). The van der Waals surface area contributed by atoms with Crippen LogP contribution in [0.2, 0.25) is 0 Å². The first-order valence-electron chi connectivity index (χ1n) is 5.77. The zero-order chi connectivity index (χ0) is 12.4. The molecule has 0 aliphatic carbocycles. The van der Waals surface area contributed by atoms with Gasteiger partial charge in [-0.25, -0.2) is 0 Å². The summed E-state index contributed by atoms with van der Waals surface area (Å²) in [5, 5.41) is 12.0. The Kier molecular flexibility index (Phi) is 3.28. The van der Waals surface area contributed by atoms with Gasteiger partial charge in [0.25, 0.3) is 0 Å². The lowest BCUT2D eigenvalue weighted by Crippen LogP contribution is -2.18. The van der Waals surface area contributed by atoms with Gasteiger partial charge in [-0.05, 0) is 13.8 Å². The molecule has 17 heavy (non-hydrogen) atoms. The molecule has 5 nitrogen and oxygen atoms in total. The predicted molar refractivity (Wildman–Crippen MR) is 66.4 cm³/mol. The van der Waals surface area contributed by atoms with Crippen LogP contribution in [0.15, 0.2) is 18.6 Å². The van der Waals surface area contributed by atoms with Crippen LogP contribution in [0.4, 0.5) is 0 Å². The van der Waals surface area contributed by atoms with Crippen molar-refractivity contribution in [1.29, 1.82) is 0 Å². The van der Waals surface area contributed by atoms with E-state index < -0.39 is 0 Å². The number of nitrogens with zero attached hydrogens (tertiary/aromatic N) is 4. The summed E-state index contributed by atoms with van der Waals surface area (Å²) in [4.78, 5) is 0. The highest BCUT2D eigenvalue weighted by Gasteiger charge is 2.11. The van der Waals surface area contributed by atoms with Crippen LogP contribution in [0.1, 0.15) is 29.8 Å². The Hall–Kier alpha value is -1.62. The van der Waals surface area contributed by atoms with Crippen molar-refractivity contribution >= 4 is 0 Å². The maximum absolute atomic E-state index is 4.35. The van der Waals surface area contributed by atoms with Crippen LogP contribution in [-0.2, 0) is 20.6 Å². The molecule has 0 bridgehead atoms. The molecule has 2 aromatic heterocycles. The van der Waals surface area contributed by atoms with Gasteiger partial charge in [-0.15, -0.1) is 0 Å². The Labute approximate surface area is 101 Å². The monoisotopic (exact) mass is 233 g/mol. The van der Waals surface area contributed by atoms with E-state index in [1.807, 2.05) is 42.8 Å². The van der Waals surface area contributed by atoms with E-state index in [1.165, 1.54) is 11.1 Å². The molecule has 0 radical (unpaired) electrons. The van der Waals surface area contributed by atoms with Crippen LogP contribution < -0.4 is 5.32 Å². The molecular weight excluding hydrogens is 214 g/mol. The van der Waals surface area contributed by atoms with Crippen molar-refractivity contribution in [3.8, 4) is 0 Å². The summed E-state index contributed by atoms with van der Waals surface area (Å²) in [7, 11) is 3.88. The number of aromatic nitrogens is 4. The Bertz CT molecular complexity index is 497. The lowest BCUT2D eigenvalue weighted by Gasteiger charge is -2.11. The molecule has 0 aromatic carbocycles. The molecule has 2 heterocycles. The number of hydrogen-bond acceptors (Lipinski definition) is 3. The van der Waals surface area contributed by atoms with E-state index >= 15 is 0 Å². The predicted octanol–water partition coefficient (Wildman–Crippen LogP) is 1.31. The summed E-state index contributed by atoms with van der Waals surface area (Å²) in [5.74, 6) is 0. The molecule has 2 aromatic rings. The van der Waals surface area contributed by atoms with E-state index in [1.54, 1.807) is 0 Å². The Balaban J connectivity index is 1.97. The third-order valence-corrected chi connectivity index (χ3v) is 2.89. The third-order valence-electron chi connectivity index (χ3n) is 2.89. The van der Waals surface area contributed by atoms with Gasteiger partial charge in [-0.1, -0.05) is 0 Å². The molecule has 5 heteroatoms. The molecule has 0 aliphatic rings. The molecule has 1 N–H and O–H groups in total. The SMILES string of the molecule is Cc1nn(C)cc1C(C)NCc1cnn(C)c1. The molecule has 0 aliphatic heterocycles. The molecule has 0 saturated heterocycles. The van der Waals surface area contributed by atoms with Crippen molar-refractivity contribution in [3.63, 3.8) is 0 Å². The van der Waals surface area contributed by atoms with E-state index in [4.69, 9.17) is 0 Å². The summed E-state index contributed by atoms with van der Waals surface area (Å²) in [6.45, 7) is 5.02. The van der Waals surface area contributed by atoms with Crippen LogP contribution in [0.5, 0.6) is 0 Å². The van der Waals surface area contributed by atoms with Crippen molar-refractivity contribution in [3.05, 3.63) is 35.4 Å². The number of nitrogens with one attached hydrogen (secondary N) is 1. The van der Waals surface area contributed by atoms with Crippen molar-refractivity contribution in [1.82, 2.24) is 24.9 Å². The fourth-order valence-electron chi connectivity index (χ4n) is 1.99. The van der Waals surface area contributed by atoms with E-state index in [0.717, 1.165) is 12.2 Å². The second-order valence-electron chi connectivity index (χ2n) is 4.47. The van der Waals surface area contributed by atoms with Crippen LogP contribution in [0.3, 0.4) is 0 Å². The first-order valence-corrected chi connectivity index (χ1v) is 5.77. The minimum atomic E-state index is 0.295. The van der Waals surface area contributed by atoms with Gasteiger partial charge >= 0.3 is 0 Å². The smallest absolute Gasteiger partial charge is 0.0641 e. The summed E-state index contributed by atoms with van der Waals surface area (Å²) < 4.78 is 3.67. The van der Waals surface area contributed by atoms with E-state index in [9.17, 15) is 0 Å². The summed E-state index contributed by atoms with van der Waals surface area (Å²) in [5.41, 5.74) is 3.52. The standard InChI is InChI=1S/C12H19N5/c1-9(12-8-17(4)15-10(12)2)13-5-11-6-14-16(3)7-11/h6-9,13H,5H2,1-4H3. The topological polar surface area (TPSA) is 47.7 Å². The third kappa shape index (κ3) is 2.74. The van der Waals surface area contributed by atoms with Gasteiger partial charge < -0.3 is 5.32 Å². The largest absolute Gasteiger partial charge is 0.306 e. The van der Waals surface area contributed by atoms with E-state index in [2.05, 4.69) is 28.6 Å². The minimum absolute atomic E-state index is 0.295. The maximum Gasteiger partial charge on any atom is 0.0641 e. The quantitative estimate of drug-likeness (QED) is 0.866. The zero-order valence-electron chi connectivity index (χ0n) is 10.8. The first-order chi connectivity index (χ1) is 8.06. The Morgan fingerprint density at radius 3 is 2.59 bits per heavy atom. The van der Waals surface area contributed by atoms with Gasteiger partial charge in [0.1, 0.15) is 0 Å². The molecule has 0 amide bonds. The van der Waals surface area contributed by atoms with Gasteiger partial charge in [0.15, 0.2) is 0 Å². The van der Waals surface area contributed by atoms with Crippen molar-refractivity contribution in [2.24, 2.45) is 14.1 Å². The maximum atomic E-state index is 4.35. The molecule has 1 atom stereocenters. The normalized spacial score (nSPS) is 12.9. The van der Waals surface area contributed by atoms with Gasteiger partial charge in [-0.3, -0.25) is 9.36 Å². The number of hydrogen-bond donors (Lipinski definition) is 1.